The zero-order valence-corrected chi connectivity index (χ0v) is 16.2. The van der Waals surface area contributed by atoms with Gasteiger partial charge in [-0.25, -0.2) is 4.79 Å². The zero-order valence-electron chi connectivity index (χ0n) is 16.2. The lowest BCUT2D eigenvalue weighted by Crippen LogP contribution is -2.58. The molecule has 14 nitrogen and oxygen atoms in total. The van der Waals surface area contributed by atoms with Gasteiger partial charge in [-0.1, -0.05) is 6.92 Å². The molecule has 0 fully saturated rings. The first-order chi connectivity index (χ1) is 13.9. The fourth-order valence-electron chi connectivity index (χ4n) is 2.15. The first-order valence-corrected chi connectivity index (χ1v) is 8.86. The van der Waals surface area contributed by atoms with Gasteiger partial charge in [-0.3, -0.25) is 24.0 Å². The van der Waals surface area contributed by atoms with E-state index >= 15 is 0 Å². The molecule has 0 aromatic heterocycles. The number of carboxylic acid groups (broad SMARTS) is 3. The number of aliphatic carboxylic acids is 3. The first kappa shape index (κ1) is 26.7. The highest BCUT2D eigenvalue weighted by atomic mass is 16.4. The Morgan fingerprint density at radius 3 is 1.73 bits per heavy atom. The van der Waals surface area contributed by atoms with Gasteiger partial charge in [0.15, 0.2) is 0 Å². The van der Waals surface area contributed by atoms with E-state index < -0.39 is 79.2 Å². The van der Waals surface area contributed by atoms with E-state index in [-0.39, 0.29) is 12.8 Å². The first-order valence-electron chi connectivity index (χ1n) is 8.86. The minimum atomic E-state index is -1.69. The summed E-state index contributed by atoms with van der Waals surface area (Å²) < 4.78 is 0. The highest BCUT2D eigenvalue weighted by molar-refractivity contribution is 5.95. The molecule has 0 aromatic rings. The monoisotopic (exact) mass is 434 g/mol. The Labute approximate surface area is 170 Å². The molecular weight excluding hydrogens is 408 g/mol. The van der Waals surface area contributed by atoms with Crippen LogP contribution >= 0.6 is 0 Å². The van der Waals surface area contributed by atoms with Crippen LogP contribution in [0.4, 0.5) is 0 Å². The molecule has 0 saturated carbocycles. The maximum Gasteiger partial charge on any atom is 0.326 e. The molecule has 4 atom stereocenters. The molecule has 0 saturated heterocycles. The van der Waals surface area contributed by atoms with E-state index in [0.717, 1.165) is 0 Å². The van der Waals surface area contributed by atoms with E-state index in [4.69, 9.17) is 21.1 Å². The third kappa shape index (κ3) is 9.79. The van der Waals surface area contributed by atoms with Gasteiger partial charge in [0.1, 0.15) is 18.1 Å². The van der Waals surface area contributed by atoms with Crippen LogP contribution in [0, 0.1) is 0 Å². The minimum absolute atomic E-state index is 0.00162. The fraction of sp³-hybridized carbons (Fsp3) is 0.625. The number of nitrogens with one attached hydrogen (secondary N) is 3. The average molecular weight is 434 g/mol. The number of carbonyl (C=O) groups is 6. The average Bonchev–Trinajstić information content (AvgIpc) is 2.66. The van der Waals surface area contributed by atoms with E-state index in [1.54, 1.807) is 0 Å². The highest BCUT2D eigenvalue weighted by Gasteiger charge is 2.31. The Hall–Kier alpha value is -3.26. The van der Waals surface area contributed by atoms with E-state index in [2.05, 4.69) is 10.6 Å². The van der Waals surface area contributed by atoms with Gasteiger partial charge < -0.3 is 42.1 Å². The second kappa shape index (κ2) is 13.1. The lowest BCUT2D eigenvalue weighted by molar-refractivity contribution is -0.144. The SMILES string of the molecule is CC[C@H](NC(=O)[C@H](CC(=O)O)NC(=O)[C@H](CO)NC(=O)[C@@H](N)CCC(=O)O)C(=O)O. The van der Waals surface area contributed by atoms with Crippen LogP contribution in [0.1, 0.15) is 32.6 Å². The summed E-state index contributed by atoms with van der Waals surface area (Å²) in [4.78, 5) is 68.9. The Balaban J connectivity index is 5.14. The summed E-state index contributed by atoms with van der Waals surface area (Å²) in [5.41, 5.74) is 5.50. The van der Waals surface area contributed by atoms with Crippen LogP contribution < -0.4 is 21.7 Å². The van der Waals surface area contributed by atoms with Gasteiger partial charge in [0.2, 0.25) is 17.7 Å². The predicted molar refractivity (Wildman–Crippen MR) is 97.9 cm³/mol. The van der Waals surface area contributed by atoms with Crippen molar-refractivity contribution in [1.82, 2.24) is 16.0 Å². The predicted octanol–water partition coefficient (Wildman–Crippen LogP) is -3.41. The van der Waals surface area contributed by atoms with Crippen LogP contribution in [0.15, 0.2) is 0 Å². The molecule has 0 aliphatic carbocycles. The molecule has 3 amide bonds. The van der Waals surface area contributed by atoms with Crippen LogP contribution in [-0.4, -0.2) is 86.8 Å². The Kier molecular flexibility index (Phi) is 11.6. The number of hydrogen-bond acceptors (Lipinski definition) is 8. The molecule has 0 aliphatic heterocycles. The third-order valence-electron chi connectivity index (χ3n) is 3.86. The minimum Gasteiger partial charge on any atom is -0.481 e. The quantitative estimate of drug-likeness (QED) is 0.134. The van der Waals surface area contributed by atoms with E-state index in [0.29, 0.717) is 0 Å². The van der Waals surface area contributed by atoms with Gasteiger partial charge in [-0.05, 0) is 12.8 Å². The number of hydrogen-bond donors (Lipinski definition) is 8. The second-order valence-electron chi connectivity index (χ2n) is 6.25. The standard InChI is InChI=1S/C16H26N4O10/c1-2-8(16(29)30)18-14(27)9(5-12(24)25)19-15(28)10(6-21)20-13(26)7(17)3-4-11(22)23/h7-10,21H,2-6,17H2,1H3,(H,18,27)(H,19,28)(H,20,26)(H,22,23)(H,24,25)(H,29,30)/t7-,8-,9-,10-/m0/s1. The van der Waals surface area contributed by atoms with E-state index in [9.17, 15) is 33.9 Å². The molecule has 9 N–H and O–H groups in total. The molecule has 0 bridgehead atoms. The fourth-order valence-corrected chi connectivity index (χ4v) is 2.15. The van der Waals surface area contributed by atoms with Crippen molar-refractivity contribution in [3.05, 3.63) is 0 Å². The molecule has 170 valence electrons. The molecule has 0 heterocycles. The number of aliphatic hydroxyl groups excluding tert-OH is 1. The van der Waals surface area contributed by atoms with E-state index in [1.165, 1.54) is 6.92 Å². The zero-order chi connectivity index (χ0) is 23.4. The van der Waals surface area contributed by atoms with Crippen molar-refractivity contribution in [1.29, 1.82) is 0 Å². The van der Waals surface area contributed by atoms with Crippen molar-refractivity contribution in [3.63, 3.8) is 0 Å². The molecule has 0 radical (unpaired) electrons. The van der Waals surface area contributed by atoms with Gasteiger partial charge in [-0.15, -0.1) is 0 Å². The van der Waals surface area contributed by atoms with Crippen molar-refractivity contribution in [2.45, 2.75) is 56.8 Å². The van der Waals surface area contributed by atoms with Gasteiger partial charge in [-0.2, -0.15) is 0 Å². The molecule has 0 unspecified atom stereocenters. The van der Waals surface area contributed by atoms with Crippen molar-refractivity contribution < 1.29 is 49.2 Å². The normalized spacial score (nSPS) is 14.5. The van der Waals surface area contributed by atoms with Crippen molar-refractivity contribution in [3.8, 4) is 0 Å². The summed E-state index contributed by atoms with van der Waals surface area (Å²) >= 11 is 0. The molecule has 0 rings (SSSR count). The molecule has 0 aromatic carbocycles. The van der Waals surface area contributed by atoms with Crippen molar-refractivity contribution >= 4 is 35.6 Å². The number of amides is 3. The Morgan fingerprint density at radius 2 is 1.30 bits per heavy atom. The smallest absolute Gasteiger partial charge is 0.326 e. The number of aliphatic hydroxyl groups is 1. The Bertz CT molecular complexity index is 668. The molecule has 0 spiro atoms. The van der Waals surface area contributed by atoms with Gasteiger partial charge >= 0.3 is 17.9 Å². The van der Waals surface area contributed by atoms with Crippen LogP contribution in [0.25, 0.3) is 0 Å². The van der Waals surface area contributed by atoms with Crippen LogP contribution in [0.5, 0.6) is 0 Å². The lowest BCUT2D eigenvalue weighted by atomic mass is 10.1. The van der Waals surface area contributed by atoms with Gasteiger partial charge in [0.25, 0.3) is 0 Å². The molecular formula is C16H26N4O10. The molecule has 14 heteroatoms. The topological polar surface area (TPSA) is 245 Å². The maximum absolute atomic E-state index is 12.3. The van der Waals surface area contributed by atoms with Gasteiger partial charge in [0, 0.05) is 6.42 Å². The van der Waals surface area contributed by atoms with Crippen molar-refractivity contribution in [2.24, 2.45) is 5.73 Å². The number of carboxylic acids is 3. The van der Waals surface area contributed by atoms with Crippen LogP contribution in [0.3, 0.4) is 0 Å². The van der Waals surface area contributed by atoms with Crippen molar-refractivity contribution in [2.75, 3.05) is 6.61 Å². The van der Waals surface area contributed by atoms with Crippen LogP contribution in [0.2, 0.25) is 0 Å². The number of nitrogens with two attached hydrogens (primary N) is 1. The summed E-state index contributed by atoms with van der Waals surface area (Å²) in [6, 6.07) is -5.90. The summed E-state index contributed by atoms with van der Waals surface area (Å²) in [6.45, 7) is 0.534. The largest absolute Gasteiger partial charge is 0.481 e. The van der Waals surface area contributed by atoms with Crippen LogP contribution in [-0.2, 0) is 28.8 Å². The summed E-state index contributed by atoms with van der Waals surface area (Å²) in [6.07, 6.45) is -1.54. The summed E-state index contributed by atoms with van der Waals surface area (Å²) in [5.74, 6) is -7.17. The molecule has 30 heavy (non-hydrogen) atoms. The van der Waals surface area contributed by atoms with Gasteiger partial charge in [0.05, 0.1) is 19.1 Å². The third-order valence-corrected chi connectivity index (χ3v) is 3.86. The number of carbonyl (C=O) groups excluding carboxylic acids is 3. The maximum atomic E-state index is 12.3. The lowest BCUT2D eigenvalue weighted by Gasteiger charge is -2.23. The second-order valence-corrected chi connectivity index (χ2v) is 6.25. The molecule has 0 aliphatic rings. The number of rotatable bonds is 14. The summed E-state index contributed by atoms with van der Waals surface area (Å²) in [5, 5.41) is 42.0. The summed E-state index contributed by atoms with van der Waals surface area (Å²) in [7, 11) is 0. The Morgan fingerprint density at radius 1 is 0.800 bits per heavy atom. The highest BCUT2D eigenvalue weighted by Crippen LogP contribution is 2.00. The van der Waals surface area contributed by atoms with E-state index in [1.807, 2.05) is 5.32 Å².